The van der Waals surface area contributed by atoms with Crippen LogP contribution in [0.5, 0.6) is 5.75 Å². The van der Waals surface area contributed by atoms with Gasteiger partial charge in [-0.15, -0.1) is 0 Å². The summed E-state index contributed by atoms with van der Waals surface area (Å²) in [5.41, 5.74) is 2.05. The minimum Gasteiger partial charge on any atom is -0.483 e. The molecule has 174 valence electrons. The molecule has 33 heavy (non-hydrogen) atoms. The average Bonchev–Trinajstić information content (AvgIpc) is 2.78. The zero-order valence-corrected chi connectivity index (χ0v) is 20.8. The third kappa shape index (κ3) is 6.28. The van der Waals surface area contributed by atoms with Crippen LogP contribution in [0.2, 0.25) is 10.0 Å². The van der Waals surface area contributed by atoms with Crippen molar-refractivity contribution in [1.82, 2.24) is 0 Å². The summed E-state index contributed by atoms with van der Waals surface area (Å²) in [6, 6.07) is 17.6. The zero-order chi connectivity index (χ0) is 24.0. The largest absolute Gasteiger partial charge is 0.483 e. The molecule has 0 atom stereocenters. The van der Waals surface area contributed by atoms with E-state index in [9.17, 15) is 13.2 Å². The average molecular weight is 506 g/mol. The third-order valence-corrected chi connectivity index (χ3v) is 7.31. The lowest BCUT2D eigenvalue weighted by Crippen LogP contribution is -2.40. The molecule has 0 aliphatic rings. The smallest absolute Gasteiger partial charge is 0.278 e. The molecular formula is C25H25Cl2NO4S. The molecule has 0 heterocycles. The number of hydrogen-bond donors (Lipinski definition) is 0. The normalized spacial score (nSPS) is 11.3. The van der Waals surface area contributed by atoms with Gasteiger partial charge in [-0.25, -0.2) is 8.42 Å². The van der Waals surface area contributed by atoms with Gasteiger partial charge in [-0.3, -0.25) is 4.79 Å². The highest BCUT2D eigenvalue weighted by molar-refractivity contribution is 7.93. The van der Waals surface area contributed by atoms with Crippen LogP contribution in [0.15, 0.2) is 71.6 Å². The predicted molar refractivity (Wildman–Crippen MR) is 133 cm³/mol. The summed E-state index contributed by atoms with van der Waals surface area (Å²) in [5, 5.41) is 0.940. The number of rotatable bonds is 9. The molecule has 0 saturated carbocycles. The quantitative estimate of drug-likeness (QED) is 0.335. The second-order valence-electron chi connectivity index (χ2n) is 7.59. The zero-order valence-electron chi connectivity index (χ0n) is 18.4. The molecule has 0 bridgehead atoms. The molecule has 0 aliphatic heterocycles. The van der Waals surface area contributed by atoms with Gasteiger partial charge in [-0.1, -0.05) is 48.7 Å². The Morgan fingerprint density at radius 1 is 0.939 bits per heavy atom. The predicted octanol–water partition coefficient (Wildman–Crippen LogP) is 6.45. The molecule has 8 heteroatoms. The van der Waals surface area contributed by atoms with Gasteiger partial charge in [0.05, 0.1) is 10.6 Å². The first-order valence-corrected chi connectivity index (χ1v) is 12.7. The molecule has 0 unspecified atom stereocenters. The number of carbonyl (C=O) groups excluding carboxylic acids is 1. The van der Waals surface area contributed by atoms with Crippen molar-refractivity contribution in [3.05, 3.63) is 87.9 Å². The van der Waals surface area contributed by atoms with Crippen molar-refractivity contribution in [3.63, 3.8) is 0 Å². The molecule has 0 fully saturated rings. The molecule has 0 radical (unpaired) electrons. The van der Waals surface area contributed by atoms with Crippen LogP contribution < -0.4 is 9.04 Å². The van der Waals surface area contributed by atoms with E-state index in [2.05, 4.69) is 6.92 Å². The van der Waals surface area contributed by atoms with Crippen molar-refractivity contribution in [2.75, 3.05) is 10.9 Å². The topological polar surface area (TPSA) is 63.7 Å². The van der Waals surface area contributed by atoms with E-state index in [1.54, 1.807) is 37.3 Å². The maximum Gasteiger partial charge on any atom is 0.278 e. The number of anilines is 1. The molecule has 5 nitrogen and oxygen atoms in total. The Balaban J connectivity index is 1.93. The molecule has 0 spiro atoms. The Labute approximate surface area is 205 Å². The summed E-state index contributed by atoms with van der Waals surface area (Å²) in [6.07, 6.45) is 2.96. The Kier molecular flexibility index (Phi) is 8.40. The van der Waals surface area contributed by atoms with Gasteiger partial charge in [0.1, 0.15) is 5.75 Å². The second kappa shape index (κ2) is 11.1. The van der Waals surface area contributed by atoms with Gasteiger partial charge in [0.25, 0.3) is 15.9 Å². The monoisotopic (exact) mass is 505 g/mol. The maximum absolute atomic E-state index is 13.5. The lowest BCUT2D eigenvalue weighted by molar-refractivity contribution is -0.119. The number of amides is 1. The van der Waals surface area contributed by atoms with Crippen molar-refractivity contribution < 1.29 is 17.9 Å². The van der Waals surface area contributed by atoms with E-state index in [0.29, 0.717) is 15.8 Å². The Morgan fingerprint density at radius 2 is 1.58 bits per heavy atom. The number of unbranched alkanes of at least 4 members (excludes halogenated alkanes) is 1. The minimum absolute atomic E-state index is 0.0435. The van der Waals surface area contributed by atoms with E-state index < -0.39 is 22.5 Å². The van der Waals surface area contributed by atoms with Crippen LogP contribution in [0.3, 0.4) is 0 Å². The fraction of sp³-hybridized carbons (Fsp3) is 0.240. The highest BCUT2D eigenvalue weighted by Crippen LogP contribution is 2.27. The molecule has 0 aromatic heterocycles. The SMILES string of the molecule is CCCCc1ccc(N(C(=O)COc2ccc(Cl)cc2C)S(=O)(=O)c2ccc(Cl)cc2)cc1. The van der Waals surface area contributed by atoms with Crippen LogP contribution in [0, 0.1) is 6.92 Å². The number of ether oxygens (including phenoxy) is 1. The van der Waals surface area contributed by atoms with Crippen LogP contribution >= 0.6 is 23.2 Å². The van der Waals surface area contributed by atoms with Gasteiger partial charge in [0.2, 0.25) is 0 Å². The summed E-state index contributed by atoms with van der Waals surface area (Å²) in [6.45, 7) is 3.44. The van der Waals surface area contributed by atoms with E-state index >= 15 is 0 Å². The van der Waals surface area contributed by atoms with Crippen LogP contribution in [-0.4, -0.2) is 20.9 Å². The lowest BCUT2D eigenvalue weighted by atomic mass is 10.1. The Morgan fingerprint density at radius 3 is 2.18 bits per heavy atom. The van der Waals surface area contributed by atoms with Gasteiger partial charge >= 0.3 is 0 Å². The lowest BCUT2D eigenvalue weighted by Gasteiger charge is -2.23. The number of aryl methyl sites for hydroxylation is 2. The highest BCUT2D eigenvalue weighted by atomic mass is 35.5. The summed E-state index contributed by atoms with van der Waals surface area (Å²) in [4.78, 5) is 13.2. The van der Waals surface area contributed by atoms with E-state index in [1.165, 1.54) is 24.3 Å². The number of nitrogens with zero attached hydrogens (tertiary/aromatic N) is 1. The molecule has 0 N–H and O–H groups in total. The van der Waals surface area contributed by atoms with Crippen molar-refractivity contribution >= 4 is 44.8 Å². The van der Waals surface area contributed by atoms with Gasteiger partial charge < -0.3 is 4.74 Å². The van der Waals surface area contributed by atoms with E-state index in [-0.39, 0.29) is 10.6 Å². The van der Waals surface area contributed by atoms with Gasteiger partial charge in [-0.2, -0.15) is 4.31 Å². The van der Waals surface area contributed by atoms with E-state index in [4.69, 9.17) is 27.9 Å². The number of benzene rings is 3. The number of halogens is 2. The maximum atomic E-state index is 13.5. The fourth-order valence-electron chi connectivity index (χ4n) is 3.28. The standard InChI is InChI=1S/C25H25Cl2NO4S/c1-3-4-5-19-6-11-22(12-7-19)28(33(30,31)23-13-8-20(26)9-14-23)25(29)17-32-24-15-10-21(27)16-18(24)2/h6-16H,3-5,17H2,1-2H3. The first-order valence-electron chi connectivity index (χ1n) is 10.5. The van der Waals surface area contributed by atoms with Crippen molar-refractivity contribution in [1.29, 1.82) is 0 Å². The number of carbonyl (C=O) groups is 1. The molecule has 1 amide bonds. The highest BCUT2D eigenvalue weighted by Gasteiger charge is 2.31. The van der Waals surface area contributed by atoms with Gasteiger partial charge in [0.15, 0.2) is 6.61 Å². The molecular weight excluding hydrogens is 481 g/mol. The second-order valence-corrected chi connectivity index (χ2v) is 10.2. The molecule has 3 rings (SSSR count). The van der Waals surface area contributed by atoms with E-state index in [0.717, 1.165) is 34.7 Å². The first kappa shape index (κ1) is 25.1. The first-order chi connectivity index (χ1) is 15.7. The number of hydrogen-bond acceptors (Lipinski definition) is 4. The summed E-state index contributed by atoms with van der Waals surface area (Å²) < 4.78 is 33.3. The molecule has 3 aromatic carbocycles. The Hall–Kier alpha value is -2.54. The summed E-state index contributed by atoms with van der Waals surface area (Å²) in [7, 11) is -4.20. The molecule has 0 aliphatic carbocycles. The fourth-order valence-corrected chi connectivity index (χ4v) is 5.04. The molecule has 0 saturated heterocycles. The summed E-state index contributed by atoms with van der Waals surface area (Å²) >= 11 is 11.9. The summed E-state index contributed by atoms with van der Waals surface area (Å²) in [5.74, 6) is -0.271. The third-order valence-electron chi connectivity index (χ3n) is 5.06. The van der Waals surface area contributed by atoms with Crippen LogP contribution in [-0.2, 0) is 21.2 Å². The van der Waals surface area contributed by atoms with Crippen LogP contribution in [0.1, 0.15) is 30.9 Å². The Bertz CT molecular complexity index is 1210. The van der Waals surface area contributed by atoms with Crippen molar-refractivity contribution in [3.8, 4) is 5.75 Å². The minimum atomic E-state index is -4.20. The number of sulfonamides is 1. The molecule has 3 aromatic rings. The van der Waals surface area contributed by atoms with Crippen molar-refractivity contribution in [2.24, 2.45) is 0 Å². The van der Waals surface area contributed by atoms with Crippen molar-refractivity contribution in [2.45, 2.75) is 38.0 Å². The van der Waals surface area contributed by atoms with Crippen LogP contribution in [0.4, 0.5) is 5.69 Å². The van der Waals surface area contributed by atoms with E-state index in [1.807, 2.05) is 12.1 Å². The van der Waals surface area contributed by atoms with Gasteiger partial charge in [0, 0.05) is 10.0 Å². The van der Waals surface area contributed by atoms with Crippen LogP contribution in [0.25, 0.3) is 0 Å². The van der Waals surface area contributed by atoms with Gasteiger partial charge in [-0.05, 0) is 85.5 Å².